The zero-order chi connectivity index (χ0) is 13.1. The average molecular weight is 254 g/mol. The van der Waals surface area contributed by atoms with Crippen LogP contribution in [0.3, 0.4) is 0 Å². The molecule has 1 aliphatic carbocycles. The summed E-state index contributed by atoms with van der Waals surface area (Å²) in [5.41, 5.74) is 6.04. The third-order valence-corrected chi connectivity index (χ3v) is 3.80. The van der Waals surface area contributed by atoms with Gasteiger partial charge in [-0.2, -0.15) is 0 Å². The van der Waals surface area contributed by atoms with Gasteiger partial charge in [0.05, 0.1) is 11.4 Å². The zero-order valence-corrected chi connectivity index (χ0v) is 10.7. The second-order valence-corrected chi connectivity index (χ2v) is 5.21. The molecule has 0 heterocycles. The van der Waals surface area contributed by atoms with Crippen LogP contribution in [-0.4, -0.2) is 6.04 Å². The van der Waals surface area contributed by atoms with Gasteiger partial charge in [0, 0.05) is 12.1 Å². The van der Waals surface area contributed by atoms with Gasteiger partial charge in [-0.3, -0.25) is 0 Å². The second-order valence-electron chi connectivity index (χ2n) is 5.21. The van der Waals surface area contributed by atoms with Crippen LogP contribution in [0, 0.1) is 17.6 Å². The van der Waals surface area contributed by atoms with Crippen LogP contribution >= 0.6 is 0 Å². The third-order valence-electron chi connectivity index (χ3n) is 3.80. The lowest BCUT2D eigenvalue weighted by Gasteiger charge is -2.24. The Kier molecular flexibility index (Phi) is 4.04. The molecule has 1 fully saturated rings. The summed E-state index contributed by atoms with van der Waals surface area (Å²) >= 11 is 0. The maximum Gasteiger partial charge on any atom is 0.151 e. The molecule has 1 aromatic carbocycles. The highest BCUT2D eigenvalue weighted by Crippen LogP contribution is 2.29. The van der Waals surface area contributed by atoms with Crippen molar-refractivity contribution in [2.75, 3.05) is 11.1 Å². The van der Waals surface area contributed by atoms with Crippen LogP contribution in [0.2, 0.25) is 0 Å². The van der Waals surface area contributed by atoms with E-state index < -0.39 is 11.6 Å². The van der Waals surface area contributed by atoms with Crippen molar-refractivity contribution in [1.29, 1.82) is 0 Å². The number of nitrogens with two attached hydrogens (primary N) is 1. The van der Waals surface area contributed by atoms with E-state index >= 15 is 0 Å². The number of anilines is 2. The topological polar surface area (TPSA) is 38.0 Å². The molecule has 18 heavy (non-hydrogen) atoms. The van der Waals surface area contributed by atoms with Crippen molar-refractivity contribution in [2.24, 2.45) is 5.92 Å². The van der Waals surface area contributed by atoms with E-state index in [2.05, 4.69) is 12.2 Å². The maximum atomic E-state index is 13.4. The largest absolute Gasteiger partial charge is 0.395 e. The molecule has 0 aromatic heterocycles. The van der Waals surface area contributed by atoms with Gasteiger partial charge in [0.1, 0.15) is 5.82 Å². The molecule has 0 saturated heterocycles. The predicted octanol–water partition coefficient (Wildman–Crippen LogP) is 3.93. The van der Waals surface area contributed by atoms with Gasteiger partial charge in [-0.1, -0.05) is 26.2 Å². The van der Waals surface area contributed by atoms with E-state index in [1.165, 1.54) is 18.9 Å². The highest BCUT2D eigenvalue weighted by Gasteiger charge is 2.21. The van der Waals surface area contributed by atoms with Crippen LogP contribution in [0.5, 0.6) is 0 Å². The first-order valence-corrected chi connectivity index (χ1v) is 6.59. The van der Waals surface area contributed by atoms with Crippen molar-refractivity contribution in [2.45, 2.75) is 45.1 Å². The van der Waals surface area contributed by atoms with Gasteiger partial charge in [-0.05, 0) is 24.8 Å². The molecule has 2 rings (SSSR count). The number of hydrogen-bond acceptors (Lipinski definition) is 2. The Balaban J connectivity index is 2.17. The highest BCUT2D eigenvalue weighted by atomic mass is 19.1. The molecular formula is C14H20F2N2. The van der Waals surface area contributed by atoms with Gasteiger partial charge >= 0.3 is 0 Å². The lowest BCUT2D eigenvalue weighted by molar-refractivity contribution is 0.456. The van der Waals surface area contributed by atoms with Gasteiger partial charge in [0.25, 0.3) is 0 Å². The van der Waals surface area contributed by atoms with Gasteiger partial charge in [-0.25, -0.2) is 8.78 Å². The first kappa shape index (κ1) is 13.1. The summed E-state index contributed by atoms with van der Waals surface area (Å²) in [5, 5.41) is 3.22. The van der Waals surface area contributed by atoms with Crippen molar-refractivity contribution >= 4 is 11.4 Å². The molecule has 0 bridgehead atoms. The monoisotopic (exact) mass is 254 g/mol. The Morgan fingerprint density at radius 2 is 1.89 bits per heavy atom. The predicted molar refractivity (Wildman–Crippen MR) is 70.4 cm³/mol. The quantitative estimate of drug-likeness (QED) is 0.620. The average Bonchev–Trinajstić information content (AvgIpc) is 2.51. The summed E-state index contributed by atoms with van der Waals surface area (Å²) in [6.07, 6.45) is 5.79. The Morgan fingerprint density at radius 3 is 2.67 bits per heavy atom. The van der Waals surface area contributed by atoms with E-state index in [0.29, 0.717) is 11.6 Å². The van der Waals surface area contributed by atoms with E-state index in [4.69, 9.17) is 5.73 Å². The summed E-state index contributed by atoms with van der Waals surface area (Å²) in [4.78, 5) is 0. The normalized spacial score (nSPS) is 24.6. The van der Waals surface area contributed by atoms with Gasteiger partial charge < -0.3 is 11.1 Å². The van der Waals surface area contributed by atoms with Crippen LogP contribution in [0.15, 0.2) is 12.1 Å². The first-order valence-electron chi connectivity index (χ1n) is 6.59. The smallest absolute Gasteiger partial charge is 0.151 e. The molecule has 0 radical (unpaired) electrons. The summed E-state index contributed by atoms with van der Waals surface area (Å²) in [7, 11) is 0. The Morgan fingerprint density at radius 1 is 1.17 bits per heavy atom. The fourth-order valence-electron chi connectivity index (χ4n) is 2.61. The highest BCUT2D eigenvalue weighted by molar-refractivity contribution is 5.67. The number of hydrogen-bond donors (Lipinski definition) is 2. The minimum Gasteiger partial charge on any atom is -0.395 e. The fraction of sp³-hybridized carbons (Fsp3) is 0.571. The van der Waals surface area contributed by atoms with Crippen LogP contribution in [0.25, 0.3) is 0 Å². The Hall–Kier alpha value is -1.32. The van der Waals surface area contributed by atoms with Gasteiger partial charge in [0.15, 0.2) is 5.82 Å². The van der Waals surface area contributed by atoms with Crippen molar-refractivity contribution < 1.29 is 8.78 Å². The van der Waals surface area contributed by atoms with E-state index in [1.54, 1.807) is 0 Å². The molecule has 1 aromatic rings. The number of benzene rings is 1. The van der Waals surface area contributed by atoms with Crippen molar-refractivity contribution in [1.82, 2.24) is 0 Å². The van der Waals surface area contributed by atoms with Crippen LogP contribution in [0.4, 0.5) is 20.2 Å². The molecule has 4 heteroatoms. The lowest BCUT2D eigenvalue weighted by Crippen LogP contribution is -2.26. The minimum atomic E-state index is -0.696. The standard InChI is InChI=1S/C14H20F2N2/c1-9-5-3-2-4-6-12(9)18-13-8-10(15)7-11(16)14(13)17/h7-9,12,18H,2-6,17H2,1H3. The summed E-state index contributed by atoms with van der Waals surface area (Å²) in [6.45, 7) is 2.18. The van der Waals surface area contributed by atoms with E-state index in [0.717, 1.165) is 25.3 Å². The molecule has 0 amide bonds. The fourth-order valence-corrected chi connectivity index (χ4v) is 2.61. The van der Waals surface area contributed by atoms with Crippen LogP contribution in [0.1, 0.15) is 39.0 Å². The number of rotatable bonds is 2. The summed E-state index contributed by atoms with van der Waals surface area (Å²) < 4.78 is 26.6. The molecule has 2 unspecified atom stereocenters. The summed E-state index contributed by atoms with van der Waals surface area (Å²) in [6, 6.07) is 2.34. The Bertz CT molecular complexity index is 421. The van der Waals surface area contributed by atoms with Crippen molar-refractivity contribution in [3.63, 3.8) is 0 Å². The molecule has 2 nitrogen and oxygen atoms in total. The Labute approximate surface area is 107 Å². The molecule has 0 spiro atoms. The van der Waals surface area contributed by atoms with E-state index in [-0.39, 0.29) is 11.7 Å². The van der Waals surface area contributed by atoms with Gasteiger partial charge in [0.2, 0.25) is 0 Å². The van der Waals surface area contributed by atoms with E-state index in [1.807, 2.05) is 0 Å². The SMILES string of the molecule is CC1CCCCCC1Nc1cc(F)cc(F)c1N. The lowest BCUT2D eigenvalue weighted by atomic mass is 9.96. The molecule has 1 saturated carbocycles. The van der Waals surface area contributed by atoms with Gasteiger partial charge in [-0.15, -0.1) is 0 Å². The second kappa shape index (κ2) is 5.55. The summed E-state index contributed by atoms with van der Waals surface area (Å²) in [5.74, 6) is -0.789. The maximum absolute atomic E-state index is 13.4. The number of nitrogen functional groups attached to an aromatic ring is 1. The molecule has 3 N–H and O–H groups in total. The molecule has 1 aliphatic rings. The third kappa shape index (κ3) is 2.92. The van der Waals surface area contributed by atoms with Crippen LogP contribution in [-0.2, 0) is 0 Å². The molecular weight excluding hydrogens is 234 g/mol. The molecule has 100 valence electrons. The van der Waals surface area contributed by atoms with Crippen molar-refractivity contribution in [3.8, 4) is 0 Å². The molecule has 0 aliphatic heterocycles. The number of nitrogens with one attached hydrogen (secondary N) is 1. The minimum absolute atomic E-state index is 0.00727. The van der Waals surface area contributed by atoms with Crippen LogP contribution < -0.4 is 11.1 Å². The van der Waals surface area contributed by atoms with Crippen molar-refractivity contribution in [3.05, 3.63) is 23.8 Å². The first-order chi connectivity index (χ1) is 8.58. The molecule has 2 atom stereocenters. The van der Waals surface area contributed by atoms with E-state index in [9.17, 15) is 8.78 Å². The number of halogens is 2. The zero-order valence-electron chi connectivity index (χ0n) is 10.7.